The van der Waals surface area contributed by atoms with E-state index in [9.17, 15) is 5.11 Å². The molecule has 3 aromatic rings. The van der Waals surface area contributed by atoms with Gasteiger partial charge in [0, 0.05) is 18.6 Å². The molecule has 2 N–H and O–H groups in total. The van der Waals surface area contributed by atoms with Crippen molar-refractivity contribution < 1.29 is 5.11 Å². The van der Waals surface area contributed by atoms with E-state index in [1.54, 1.807) is 12.5 Å². The van der Waals surface area contributed by atoms with Gasteiger partial charge in [0.25, 0.3) is 0 Å². The maximum absolute atomic E-state index is 9.23. The van der Waals surface area contributed by atoms with E-state index in [2.05, 4.69) is 26.5 Å². The molecule has 0 saturated heterocycles. The van der Waals surface area contributed by atoms with E-state index >= 15 is 0 Å². The molecule has 6 nitrogen and oxygen atoms in total. The van der Waals surface area contributed by atoms with Crippen molar-refractivity contribution in [3.8, 4) is 5.69 Å². The van der Waals surface area contributed by atoms with Crippen LogP contribution in [0.5, 0.6) is 0 Å². The van der Waals surface area contributed by atoms with Crippen LogP contribution in [0.15, 0.2) is 55.0 Å². The SMILES string of the molecule is OC[C@H]1C=C[C@@H](Nc2ncnc3c2cnn3-c2ccccc2)C1. The predicted molar refractivity (Wildman–Crippen MR) is 88.4 cm³/mol. The number of aromatic nitrogens is 4. The number of hydrogen-bond donors (Lipinski definition) is 2. The first-order chi connectivity index (χ1) is 11.3. The minimum atomic E-state index is 0.172. The molecule has 116 valence electrons. The van der Waals surface area contributed by atoms with E-state index in [1.807, 2.05) is 41.1 Å². The fraction of sp³-hybridized carbons (Fsp3) is 0.235. The summed E-state index contributed by atoms with van der Waals surface area (Å²) < 4.78 is 1.81. The van der Waals surface area contributed by atoms with Crippen LogP contribution in [0, 0.1) is 5.92 Å². The summed E-state index contributed by atoms with van der Waals surface area (Å²) in [6, 6.07) is 10.1. The Labute approximate surface area is 133 Å². The van der Waals surface area contributed by atoms with Gasteiger partial charge in [-0.05, 0) is 18.6 Å². The Hall–Kier alpha value is -2.73. The van der Waals surface area contributed by atoms with E-state index in [0.29, 0.717) is 0 Å². The molecule has 0 spiro atoms. The van der Waals surface area contributed by atoms with Crippen LogP contribution in [0.3, 0.4) is 0 Å². The maximum atomic E-state index is 9.23. The van der Waals surface area contributed by atoms with Crippen LogP contribution in [0.4, 0.5) is 5.82 Å². The first-order valence-electron chi connectivity index (χ1n) is 7.65. The van der Waals surface area contributed by atoms with E-state index in [4.69, 9.17) is 0 Å². The molecule has 2 atom stereocenters. The number of aliphatic hydroxyl groups is 1. The largest absolute Gasteiger partial charge is 0.396 e. The summed E-state index contributed by atoms with van der Waals surface area (Å²) in [4.78, 5) is 8.73. The molecule has 2 heterocycles. The molecule has 0 bridgehead atoms. The Kier molecular flexibility index (Phi) is 3.51. The number of fused-ring (bicyclic) bond motifs is 1. The van der Waals surface area contributed by atoms with Gasteiger partial charge in [-0.15, -0.1) is 0 Å². The van der Waals surface area contributed by atoms with Gasteiger partial charge in [0.15, 0.2) is 5.65 Å². The Morgan fingerprint density at radius 1 is 1.17 bits per heavy atom. The van der Waals surface area contributed by atoms with E-state index in [-0.39, 0.29) is 18.6 Å². The normalized spacial score (nSPS) is 20.2. The third-order valence-corrected chi connectivity index (χ3v) is 4.10. The van der Waals surface area contributed by atoms with Crippen molar-refractivity contribution in [1.29, 1.82) is 0 Å². The van der Waals surface area contributed by atoms with Gasteiger partial charge >= 0.3 is 0 Å². The molecule has 0 aliphatic heterocycles. The predicted octanol–water partition coefficient (Wildman–Crippen LogP) is 2.16. The van der Waals surface area contributed by atoms with Crippen LogP contribution < -0.4 is 5.32 Å². The highest BCUT2D eigenvalue weighted by molar-refractivity contribution is 5.87. The van der Waals surface area contributed by atoms with E-state index < -0.39 is 0 Å². The van der Waals surface area contributed by atoms with Gasteiger partial charge in [-0.3, -0.25) is 0 Å². The molecule has 2 aromatic heterocycles. The van der Waals surface area contributed by atoms with Crippen LogP contribution in [-0.4, -0.2) is 37.5 Å². The zero-order valence-electron chi connectivity index (χ0n) is 12.5. The number of aliphatic hydroxyl groups excluding tert-OH is 1. The van der Waals surface area contributed by atoms with Gasteiger partial charge in [-0.25, -0.2) is 14.6 Å². The first kappa shape index (κ1) is 13.9. The van der Waals surface area contributed by atoms with Crippen molar-refractivity contribution in [1.82, 2.24) is 19.7 Å². The fourth-order valence-corrected chi connectivity index (χ4v) is 2.91. The van der Waals surface area contributed by atoms with Crippen LogP contribution >= 0.6 is 0 Å². The number of anilines is 1. The Morgan fingerprint density at radius 2 is 2.04 bits per heavy atom. The number of benzene rings is 1. The number of hydrogen-bond acceptors (Lipinski definition) is 5. The number of para-hydroxylation sites is 1. The van der Waals surface area contributed by atoms with Crippen molar-refractivity contribution in [2.45, 2.75) is 12.5 Å². The number of nitrogens with one attached hydrogen (secondary N) is 1. The van der Waals surface area contributed by atoms with Crippen LogP contribution in [0.2, 0.25) is 0 Å². The van der Waals surface area contributed by atoms with Gasteiger partial charge < -0.3 is 10.4 Å². The quantitative estimate of drug-likeness (QED) is 0.722. The molecule has 6 heteroatoms. The zero-order chi connectivity index (χ0) is 15.6. The summed E-state index contributed by atoms with van der Waals surface area (Å²) in [5, 5.41) is 18.0. The van der Waals surface area contributed by atoms with Crippen molar-refractivity contribution in [3.05, 3.63) is 55.0 Å². The monoisotopic (exact) mass is 307 g/mol. The molecular weight excluding hydrogens is 290 g/mol. The average Bonchev–Trinajstić information content (AvgIpc) is 3.23. The Balaban J connectivity index is 1.67. The highest BCUT2D eigenvalue weighted by Crippen LogP contribution is 2.25. The summed E-state index contributed by atoms with van der Waals surface area (Å²) >= 11 is 0. The number of rotatable bonds is 4. The standard InChI is InChI=1S/C17H17N5O/c23-10-12-6-7-13(8-12)21-16-15-9-20-22(17(15)19-11-18-16)14-4-2-1-3-5-14/h1-7,9,11-13,23H,8,10H2,(H,18,19,21)/t12-,13+/m0/s1. The fourth-order valence-electron chi connectivity index (χ4n) is 2.91. The van der Waals surface area contributed by atoms with Crippen molar-refractivity contribution in [2.75, 3.05) is 11.9 Å². The summed E-state index contributed by atoms with van der Waals surface area (Å²) in [6.07, 6.45) is 8.33. The van der Waals surface area contributed by atoms with Gasteiger partial charge in [0.05, 0.1) is 17.3 Å². The molecule has 0 unspecified atom stereocenters. The second-order valence-electron chi connectivity index (χ2n) is 5.67. The minimum absolute atomic E-state index is 0.172. The van der Waals surface area contributed by atoms with Crippen LogP contribution in [-0.2, 0) is 0 Å². The summed E-state index contributed by atoms with van der Waals surface area (Å²) in [5.41, 5.74) is 1.74. The van der Waals surface area contributed by atoms with E-state index in [1.165, 1.54) is 0 Å². The second kappa shape index (κ2) is 5.81. The molecule has 23 heavy (non-hydrogen) atoms. The number of nitrogens with zero attached hydrogens (tertiary/aromatic N) is 4. The lowest BCUT2D eigenvalue weighted by Crippen LogP contribution is -2.17. The summed E-state index contributed by atoms with van der Waals surface area (Å²) in [5.74, 6) is 0.988. The summed E-state index contributed by atoms with van der Waals surface area (Å²) in [6.45, 7) is 0.180. The lowest BCUT2D eigenvalue weighted by atomic mass is 10.1. The molecule has 4 rings (SSSR count). The van der Waals surface area contributed by atoms with Crippen LogP contribution in [0.25, 0.3) is 16.7 Å². The Bertz CT molecular complexity index is 843. The lowest BCUT2D eigenvalue weighted by molar-refractivity contribution is 0.250. The van der Waals surface area contributed by atoms with Crippen molar-refractivity contribution in [2.24, 2.45) is 5.92 Å². The molecule has 0 fully saturated rings. The zero-order valence-corrected chi connectivity index (χ0v) is 12.5. The van der Waals surface area contributed by atoms with Crippen molar-refractivity contribution >= 4 is 16.9 Å². The summed E-state index contributed by atoms with van der Waals surface area (Å²) in [7, 11) is 0. The highest BCUT2D eigenvalue weighted by atomic mass is 16.3. The van der Waals surface area contributed by atoms with Gasteiger partial charge in [-0.1, -0.05) is 30.4 Å². The van der Waals surface area contributed by atoms with Crippen molar-refractivity contribution in [3.63, 3.8) is 0 Å². The second-order valence-corrected chi connectivity index (χ2v) is 5.67. The highest BCUT2D eigenvalue weighted by Gasteiger charge is 2.20. The molecule has 1 aromatic carbocycles. The molecular formula is C17H17N5O. The molecule has 1 aliphatic rings. The topological polar surface area (TPSA) is 75.9 Å². The van der Waals surface area contributed by atoms with Crippen LogP contribution in [0.1, 0.15) is 6.42 Å². The van der Waals surface area contributed by atoms with E-state index in [0.717, 1.165) is 29.0 Å². The minimum Gasteiger partial charge on any atom is -0.396 e. The molecule has 0 radical (unpaired) electrons. The van der Waals surface area contributed by atoms with Gasteiger partial charge in [0.1, 0.15) is 12.1 Å². The molecule has 0 saturated carbocycles. The smallest absolute Gasteiger partial charge is 0.168 e. The maximum Gasteiger partial charge on any atom is 0.168 e. The lowest BCUT2D eigenvalue weighted by Gasteiger charge is -2.13. The third kappa shape index (κ3) is 2.57. The average molecular weight is 307 g/mol. The molecule has 1 aliphatic carbocycles. The molecule has 0 amide bonds. The van der Waals surface area contributed by atoms with Gasteiger partial charge in [0.2, 0.25) is 0 Å². The Morgan fingerprint density at radius 3 is 2.83 bits per heavy atom. The van der Waals surface area contributed by atoms with Gasteiger partial charge in [-0.2, -0.15) is 5.10 Å². The third-order valence-electron chi connectivity index (χ3n) is 4.10. The first-order valence-corrected chi connectivity index (χ1v) is 7.65.